The fourth-order valence-corrected chi connectivity index (χ4v) is 2.44. The summed E-state index contributed by atoms with van der Waals surface area (Å²) in [5, 5.41) is 14.5. The Morgan fingerprint density at radius 2 is 1.95 bits per heavy atom. The third-order valence-electron chi connectivity index (χ3n) is 3.54. The van der Waals surface area contributed by atoms with Gasteiger partial charge in [-0.15, -0.1) is 0 Å². The van der Waals surface area contributed by atoms with Gasteiger partial charge < -0.3 is 10.4 Å². The fraction of sp³-hybridized carbons (Fsp3) is 0.500. The van der Waals surface area contributed by atoms with E-state index in [2.05, 4.69) is 15.6 Å². The van der Waals surface area contributed by atoms with Crippen LogP contribution in [0.5, 0.6) is 0 Å². The third-order valence-corrected chi connectivity index (χ3v) is 3.54. The van der Waals surface area contributed by atoms with Crippen molar-refractivity contribution in [3.8, 4) is 0 Å². The molecule has 0 atom stereocenters. The summed E-state index contributed by atoms with van der Waals surface area (Å²) in [4.78, 5) is 26.9. The molecule has 3 N–H and O–H groups in total. The standard InChI is InChI=1S/C14H19N3O3/c1-9-3-2-4-12(15-9)17-14(20)16-11-7-5-10(6-8-11)13(18)19/h2-4,10-11H,5-8H2,1H3,(H,18,19)(H2,15,16,17,20). The van der Waals surface area contributed by atoms with Gasteiger partial charge in [-0.2, -0.15) is 0 Å². The first-order valence-corrected chi connectivity index (χ1v) is 6.78. The number of nitrogens with zero attached hydrogens (tertiary/aromatic N) is 1. The summed E-state index contributed by atoms with van der Waals surface area (Å²) < 4.78 is 0. The minimum absolute atomic E-state index is 0.0374. The Bertz CT molecular complexity index is 496. The number of hydrogen-bond acceptors (Lipinski definition) is 3. The average Bonchev–Trinajstić information content (AvgIpc) is 2.39. The highest BCUT2D eigenvalue weighted by Crippen LogP contribution is 2.24. The van der Waals surface area contributed by atoms with E-state index in [4.69, 9.17) is 5.11 Å². The molecule has 2 rings (SSSR count). The number of anilines is 1. The van der Waals surface area contributed by atoms with E-state index in [9.17, 15) is 9.59 Å². The number of amides is 2. The molecule has 0 unspecified atom stereocenters. The molecule has 1 saturated carbocycles. The van der Waals surface area contributed by atoms with E-state index in [0.717, 1.165) is 5.69 Å². The Labute approximate surface area is 117 Å². The van der Waals surface area contributed by atoms with Gasteiger partial charge in [0, 0.05) is 11.7 Å². The summed E-state index contributed by atoms with van der Waals surface area (Å²) in [6.45, 7) is 1.86. The first kappa shape index (κ1) is 14.3. The van der Waals surface area contributed by atoms with Crippen LogP contribution in [-0.2, 0) is 4.79 Å². The molecular formula is C14H19N3O3. The number of aryl methyl sites for hydroxylation is 1. The van der Waals surface area contributed by atoms with Crippen LogP contribution in [-0.4, -0.2) is 28.1 Å². The van der Waals surface area contributed by atoms with Crippen molar-refractivity contribution in [2.45, 2.75) is 38.6 Å². The Morgan fingerprint density at radius 1 is 1.25 bits per heavy atom. The van der Waals surface area contributed by atoms with Gasteiger partial charge in [-0.1, -0.05) is 6.07 Å². The third kappa shape index (κ3) is 3.94. The quantitative estimate of drug-likeness (QED) is 0.789. The Kier molecular flexibility index (Phi) is 4.55. The fourth-order valence-electron chi connectivity index (χ4n) is 2.44. The van der Waals surface area contributed by atoms with Gasteiger partial charge in [-0.3, -0.25) is 10.1 Å². The Balaban J connectivity index is 1.80. The minimum Gasteiger partial charge on any atom is -0.481 e. The van der Waals surface area contributed by atoms with Crippen LogP contribution in [0, 0.1) is 12.8 Å². The lowest BCUT2D eigenvalue weighted by Crippen LogP contribution is -2.41. The van der Waals surface area contributed by atoms with Crippen LogP contribution in [0.2, 0.25) is 0 Å². The van der Waals surface area contributed by atoms with Crippen molar-refractivity contribution in [2.75, 3.05) is 5.32 Å². The highest BCUT2D eigenvalue weighted by atomic mass is 16.4. The first-order chi connectivity index (χ1) is 9.54. The number of carboxylic acid groups (broad SMARTS) is 1. The molecule has 108 valence electrons. The van der Waals surface area contributed by atoms with Crippen molar-refractivity contribution in [3.63, 3.8) is 0 Å². The molecule has 0 spiro atoms. The molecule has 20 heavy (non-hydrogen) atoms. The van der Waals surface area contributed by atoms with Gasteiger partial charge in [0.2, 0.25) is 0 Å². The maximum absolute atomic E-state index is 11.8. The lowest BCUT2D eigenvalue weighted by atomic mass is 9.86. The first-order valence-electron chi connectivity index (χ1n) is 6.78. The smallest absolute Gasteiger partial charge is 0.320 e. The van der Waals surface area contributed by atoms with Gasteiger partial charge in [0.15, 0.2) is 0 Å². The maximum Gasteiger partial charge on any atom is 0.320 e. The van der Waals surface area contributed by atoms with E-state index in [0.29, 0.717) is 31.5 Å². The number of carbonyl (C=O) groups excluding carboxylic acids is 1. The summed E-state index contributed by atoms with van der Waals surface area (Å²) in [6.07, 6.45) is 2.63. The summed E-state index contributed by atoms with van der Waals surface area (Å²) in [5.41, 5.74) is 0.838. The molecule has 0 aromatic carbocycles. The molecule has 1 aliphatic rings. The number of hydrogen-bond donors (Lipinski definition) is 3. The van der Waals surface area contributed by atoms with Gasteiger partial charge in [0.05, 0.1) is 5.92 Å². The van der Waals surface area contributed by atoms with Crippen LogP contribution in [0.1, 0.15) is 31.4 Å². The van der Waals surface area contributed by atoms with Crippen LogP contribution in [0.3, 0.4) is 0 Å². The maximum atomic E-state index is 11.8. The molecule has 2 amide bonds. The van der Waals surface area contributed by atoms with E-state index in [1.807, 2.05) is 19.1 Å². The molecule has 1 aromatic heterocycles. The Morgan fingerprint density at radius 3 is 2.55 bits per heavy atom. The summed E-state index contributed by atoms with van der Waals surface area (Å²) in [6, 6.07) is 5.16. The molecule has 0 saturated heterocycles. The van der Waals surface area contributed by atoms with E-state index in [-0.39, 0.29) is 18.0 Å². The highest BCUT2D eigenvalue weighted by Gasteiger charge is 2.26. The molecule has 1 aromatic rings. The normalized spacial score (nSPS) is 22.1. The van der Waals surface area contributed by atoms with Crippen molar-refractivity contribution < 1.29 is 14.7 Å². The van der Waals surface area contributed by atoms with Crippen LogP contribution in [0.25, 0.3) is 0 Å². The van der Waals surface area contributed by atoms with Gasteiger partial charge in [0.1, 0.15) is 5.82 Å². The van der Waals surface area contributed by atoms with E-state index < -0.39 is 5.97 Å². The van der Waals surface area contributed by atoms with Crippen molar-refractivity contribution in [1.29, 1.82) is 0 Å². The van der Waals surface area contributed by atoms with Crippen molar-refractivity contribution in [3.05, 3.63) is 23.9 Å². The minimum atomic E-state index is -0.739. The van der Waals surface area contributed by atoms with Gasteiger partial charge in [0.25, 0.3) is 0 Å². The molecule has 1 fully saturated rings. The summed E-state index contributed by atoms with van der Waals surface area (Å²) in [5.74, 6) is -0.492. The molecule has 0 aliphatic heterocycles. The number of urea groups is 1. The predicted octanol–water partition coefficient (Wildman–Crippen LogP) is 2.15. The van der Waals surface area contributed by atoms with Crippen LogP contribution < -0.4 is 10.6 Å². The number of carboxylic acids is 1. The topological polar surface area (TPSA) is 91.3 Å². The number of nitrogens with one attached hydrogen (secondary N) is 2. The monoisotopic (exact) mass is 277 g/mol. The number of aromatic nitrogens is 1. The van der Waals surface area contributed by atoms with Gasteiger partial charge >= 0.3 is 12.0 Å². The number of aliphatic carboxylic acids is 1. The van der Waals surface area contributed by atoms with Crippen LogP contribution in [0.15, 0.2) is 18.2 Å². The second kappa shape index (κ2) is 6.36. The van der Waals surface area contributed by atoms with E-state index in [1.54, 1.807) is 6.07 Å². The molecule has 6 heteroatoms. The molecule has 6 nitrogen and oxygen atoms in total. The molecular weight excluding hydrogens is 258 g/mol. The predicted molar refractivity (Wildman–Crippen MR) is 74.5 cm³/mol. The zero-order chi connectivity index (χ0) is 14.5. The SMILES string of the molecule is Cc1cccc(NC(=O)NC2CCC(C(=O)O)CC2)n1. The van der Waals surface area contributed by atoms with Crippen molar-refractivity contribution >= 4 is 17.8 Å². The number of carbonyl (C=O) groups is 2. The second-order valence-corrected chi connectivity index (χ2v) is 5.15. The van der Waals surface area contributed by atoms with Crippen molar-refractivity contribution in [1.82, 2.24) is 10.3 Å². The number of rotatable bonds is 3. The average molecular weight is 277 g/mol. The molecule has 1 aliphatic carbocycles. The van der Waals surface area contributed by atoms with E-state index >= 15 is 0 Å². The zero-order valence-corrected chi connectivity index (χ0v) is 11.4. The Hall–Kier alpha value is -2.11. The summed E-state index contributed by atoms with van der Waals surface area (Å²) >= 11 is 0. The lowest BCUT2D eigenvalue weighted by molar-refractivity contribution is -0.142. The van der Waals surface area contributed by atoms with Crippen molar-refractivity contribution in [2.24, 2.45) is 5.92 Å². The van der Waals surface area contributed by atoms with Crippen LogP contribution in [0.4, 0.5) is 10.6 Å². The molecule has 0 radical (unpaired) electrons. The zero-order valence-electron chi connectivity index (χ0n) is 11.4. The summed E-state index contributed by atoms with van der Waals surface area (Å²) in [7, 11) is 0. The van der Waals surface area contributed by atoms with Gasteiger partial charge in [-0.05, 0) is 44.7 Å². The van der Waals surface area contributed by atoms with Crippen LogP contribution >= 0.6 is 0 Å². The van der Waals surface area contributed by atoms with E-state index in [1.165, 1.54) is 0 Å². The largest absolute Gasteiger partial charge is 0.481 e. The highest BCUT2D eigenvalue weighted by molar-refractivity contribution is 5.88. The lowest BCUT2D eigenvalue weighted by Gasteiger charge is -2.26. The molecule has 1 heterocycles. The number of pyridine rings is 1. The molecule has 0 bridgehead atoms. The van der Waals surface area contributed by atoms with Gasteiger partial charge in [-0.25, -0.2) is 9.78 Å². The second-order valence-electron chi connectivity index (χ2n) is 5.15.